The minimum atomic E-state index is -4.49. The van der Waals surface area contributed by atoms with Crippen molar-refractivity contribution >= 4 is 5.69 Å². The molecule has 0 bridgehead atoms. The Morgan fingerprint density at radius 2 is 1.95 bits per heavy atom. The molecule has 1 saturated carbocycles. The average Bonchev–Trinajstić information content (AvgIpc) is 2.91. The molecule has 0 saturated heterocycles. The Morgan fingerprint density at radius 1 is 1.30 bits per heavy atom. The number of nitriles is 1. The Morgan fingerprint density at radius 3 is 2.50 bits per heavy atom. The summed E-state index contributed by atoms with van der Waals surface area (Å²) in [7, 11) is 0. The third kappa shape index (κ3) is 3.24. The number of benzene rings is 1. The van der Waals surface area contributed by atoms with Gasteiger partial charge in [-0.1, -0.05) is 12.8 Å². The van der Waals surface area contributed by atoms with Crippen molar-refractivity contribution in [1.29, 1.82) is 5.26 Å². The lowest BCUT2D eigenvalue weighted by Gasteiger charge is -2.22. The van der Waals surface area contributed by atoms with Crippen molar-refractivity contribution < 1.29 is 13.2 Å². The molecule has 1 fully saturated rings. The van der Waals surface area contributed by atoms with E-state index >= 15 is 0 Å². The van der Waals surface area contributed by atoms with Gasteiger partial charge in [-0.15, -0.1) is 0 Å². The first kappa shape index (κ1) is 14.7. The largest absolute Gasteiger partial charge is 0.417 e. The van der Waals surface area contributed by atoms with E-state index in [1.165, 1.54) is 25.0 Å². The molecular weight excluding hydrogens is 265 g/mol. The van der Waals surface area contributed by atoms with E-state index < -0.39 is 11.7 Å². The van der Waals surface area contributed by atoms with Crippen molar-refractivity contribution in [2.24, 2.45) is 5.92 Å². The normalized spacial score (nSPS) is 17.8. The van der Waals surface area contributed by atoms with Crippen LogP contribution < -0.4 is 5.32 Å². The molecule has 1 aromatic rings. The number of nitrogens with zero attached hydrogens (tertiary/aromatic N) is 1. The van der Waals surface area contributed by atoms with Crippen molar-refractivity contribution in [3.05, 3.63) is 29.3 Å². The van der Waals surface area contributed by atoms with Crippen LogP contribution in [-0.4, -0.2) is 6.04 Å². The maximum Gasteiger partial charge on any atom is 0.417 e. The maximum atomic E-state index is 12.7. The monoisotopic (exact) mass is 282 g/mol. The molecule has 0 aromatic heterocycles. The summed E-state index contributed by atoms with van der Waals surface area (Å²) in [6, 6.07) is 5.49. The van der Waals surface area contributed by atoms with E-state index in [0.717, 1.165) is 18.9 Å². The van der Waals surface area contributed by atoms with E-state index in [1.54, 1.807) is 6.07 Å². The molecule has 1 N–H and O–H groups in total. The van der Waals surface area contributed by atoms with E-state index in [2.05, 4.69) is 5.32 Å². The Bertz CT molecular complexity index is 511. The van der Waals surface area contributed by atoms with Gasteiger partial charge in [-0.3, -0.25) is 0 Å². The van der Waals surface area contributed by atoms with Gasteiger partial charge in [0.05, 0.1) is 17.2 Å². The average molecular weight is 282 g/mol. The van der Waals surface area contributed by atoms with Gasteiger partial charge in [-0.2, -0.15) is 18.4 Å². The summed E-state index contributed by atoms with van der Waals surface area (Å²) in [4.78, 5) is 0. The van der Waals surface area contributed by atoms with Crippen molar-refractivity contribution in [1.82, 2.24) is 0 Å². The topological polar surface area (TPSA) is 35.8 Å². The molecule has 108 valence electrons. The fourth-order valence-corrected chi connectivity index (χ4v) is 2.81. The molecule has 0 amide bonds. The van der Waals surface area contributed by atoms with Crippen LogP contribution in [0.25, 0.3) is 0 Å². The molecule has 0 heterocycles. The van der Waals surface area contributed by atoms with Crippen LogP contribution in [-0.2, 0) is 6.18 Å². The van der Waals surface area contributed by atoms with Crippen LogP contribution in [0.3, 0.4) is 0 Å². The summed E-state index contributed by atoms with van der Waals surface area (Å²) in [5.74, 6) is 0.558. The van der Waals surface area contributed by atoms with Crippen molar-refractivity contribution in [3.8, 4) is 6.07 Å². The molecule has 1 unspecified atom stereocenters. The predicted molar refractivity (Wildman–Crippen MR) is 71.2 cm³/mol. The summed E-state index contributed by atoms with van der Waals surface area (Å²) >= 11 is 0. The number of halogens is 3. The van der Waals surface area contributed by atoms with Crippen LogP contribution in [0.1, 0.15) is 43.7 Å². The van der Waals surface area contributed by atoms with Gasteiger partial charge in [0.25, 0.3) is 0 Å². The van der Waals surface area contributed by atoms with E-state index in [-0.39, 0.29) is 11.6 Å². The highest BCUT2D eigenvalue weighted by Crippen LogP contribution is 2.34. The number of hydrogen-bond donors (Lipinski definition) is 1. The zero-order chi connectivity index (χ0) is 14.8. The summed E-state index contributed by atoms with van der Waals surface area (Å²) < 4.78 is 38.1. The van der Waals surface area contributed by atoms with Crippen LogP contribution in [0.15, 0.2) is 18.2 Å². The third-order valence-corrected chi connectivity index (χ3v) is 3.95. The van der Waals surface area contributed by atoms with Crippen molar-refractivity contribution in [3.63, 3.8) is 0 Å². The zero-order valence-electron chi connectivity index (χ0n) is 11.3. The Labute approximate surface area is 116 Å². The molecule has 1 atom stereocenters. The van der Waals surface area contributed by atoms with Gasteiger partial charge in [0.2, 0.25) is 0 Å². The first-order valence-electron chi connectivity index (χ1n) is 6.79. The number of rotatable bonds is 3. The minimum absolute atomic E-state index is 0.209. The van der Waals surface area contributed by atoms with Gasteiger partial charge in [-0.25, -0.2) is 0 Å². The van der Waals surface area contributed by atoms with E-state index in [0.29, 0.717) is 11.6 Å². The molecule has 1 aliphatic carbocycles. The summed E-state index contributed by atoms with van der Waals surface area (Å²) in [5, 5.41) is 12.1. The zero-order valence-corrected chi connectivity index (χ0v) is 11.3. The minimum Gasteiger partial charge on any atom is -0.382 e. The van der Waals surface area contributed by atoms with Crippen LogP contribution >= 0.6 is 0 Å². The van der Waals surface area contributed by atoms with Gasteiger partial charge in [0, 0.05) is 11.7 Å². The van der Waals surface area contributed by atoms with Crippen LogP contribution in [0.2, 0.25) is 0 Å². The lowest BCUT2D eigenvalue weighted by Crippen LogP contribution is -2.24. The van der Waals surface area contributed by atoms with Gasteiger partial charge < -0.3 is 5.32 Å². The molecule has 20 heavy (non-hydrogen) atoms. The maximum absolute atomic E-state index is 12.7. The smallest absolute Gasteiger partial charge is 0.382 e. The van der Waals surface area contributed by atoms with Gasteiger partial charge in [-0.05, 0) is 43.9 Å². The molecule has 1 aromatic carbocycles. The van der Waals surface area contributed by atoms with Crippen LogP contribution in [0, 0.1) is 17.2 Å². The molecule has 2 nitrogen and oxygen atoms in total. The molecule has 0 aliphatic heterocycles. The molecule has 1 aliphatic rings. The summed E-state index contributed by atoms with van der Waals surface area (Å²) in [6.45, 7) is 2.04. The Hall–Kier alpha value is -1.70. The molecule has 5 heteroatoms. The fourth-order valence-electron chi connectivity index (χ4n) is 2.81. The van der Waals surface area contributed by atoms with Crippen molar-refractivity contribution in [2.75, 3.05) is 5.32 Å². The third-order valence-electron chi connectivity index (χ3n) is 3.95. The van der Waals surface area contributed by atoms with E-state index in [1.807, 2.05) is 6.92 Å². The molecule has 2 rings (SSSR count). The second kappa shape index (κ2) is 5.74. The number of anilines is 1. The SMILES string of the molecule is CC(Nc1ccc(C(F)(F)F)c(C#N)c1)C1CCCC1. The fraction of sp³-hybridized carbons (Fsp3) is 0.533. The lowest BCUT2D eigenvalue weighted by molar-refractivity contribution is -0.137. The van der Waals surface area contributed by atoms with Crippen LogP contribution in [0.4, 0.5) is 18.9 Å². The molecule has 0 spiro atoms. The summed E-state index contributed by atoms with van der Waals surface area (Å²) in [5.41, 5.74) is -0.630. The summed E-state index contributed by atoms with van der Waals surface area (Å²) in [6.07, 6.45) is 0.251. The van der Waals surface area contributed by atoms with E-state index in [4.69, 9.17) is 5.26 Å². The second-order valence-electron chi connectivity index (χ2n) is 5.35. The van der Waals surface area contributed by atoms with Gasteiger partial charge in [0.15, 0.2) is 0 Å². The van der Waals surface area contributed by atoms with Crippen molar-refractivity contribution in [2.45, 2.75) is 44.8 Å². The standard InChI is InChI=1S/C15H17F3N2/c1-10(11-4-2-3-5-11)20-13-6-7-14(15(16,17)18)12(8-13)9-19/h6-8,10-11,20H,2-5H2,1H3. The highest BCUT2D eigenvalue weighted by Gasteiger charge is 2.33. The van der Waals surface area contributed by atoms with Crippen LogP contribution in [0.5, 0.6) is 0 Å². The van der Waals surface area contributed by atoms with Gasteiger partial charge in [0.1, 0.15) is 0 Å². The number of nitrogens with one attached hydrogen (secondary N) is 1. The predicted octanol–water partition coefficient (Wildman–Crippen LogP) is 4.57. The Kier molecular flexibility index (Phi) is 4.22. The van der Waals surface area contributed by atoms with Gasteiger partial charge >= 0.3 is 6.18 Å². The lowest BCUT2D eigenvalue weighted by atomic mass is 9.99. The highest BCUT2D eigenvalue weighted by atomic mass is 19.4. The number of alkyl halides is 3. The second-order valence-corrected chi connectivity index (χ2v) is 5.35. The first-order chi connectivity index (χ1) is 9.41. The molecule has 0 radical (unpaired) electrons. The Balaban J connectivity index is 2.16. The number of hydrogen-bond acceptors (Lipinski definition) is 2. The first-order valence-corrected chi connectivity index (χ1v) is 6.79. The highest BCUT2D eigenvalue weighted by molar-refractivity contribution is 5.54. The van der Waals surface area contributed by atoms with E-state index in [9.17, 15) is 13.2 Å². The molecular formula is C15H17F3N2. The quantitative estimate of drug-likeness (QED) is 0.881.